The van der Waals surface area contributed by atoms with Crippen LogP contribution >= 0.6 is 11.8 Å². The van der Waals surface area contributed by atoms with Gasteiger partial charge in [0.25, 0.3) is 5.91 Å². The maximum absolute atomic E-state index is 13.2. The zero-order valence-electron chi connectivity index (χ0n) is 23.1. The Labute approximate surface area is 242 Å². The third kappa shape index (κ3) is 6.14. The van der Waals surface area contributed by atoms with E-state index in [1.807, 2.05) is 58.9 Å². The zero-order valence-corrected chi connectivity index (χ0v) is 23.9. The highest BCUT2D eigenvalue weighted by molar-refractivity contribution is 7.99. The number of carbonyl (C=O) groups is 2. The van der Waals surface area contributed by atoms with E-state index in [0.717, 1.165) is 23.5 Å². The number of thioether (sulfide) groups is 1. The number of methoxy groups -OCH3 is 2. The number of amides is 2. The maximum atomic E-state index is 13.2. The Morgan fingerprint density at radius 3 is 2.51 bits per heavy atom. The van der Waals surface area contributed by atoms with Gasteiger partial charge in [-0.2, -0.15) is 0 Å². The summed E-state index contributed by atoms with van der Waals surface area (Å²) in [7, 11) is 3.06. The van der Waals surface area contributed by atoms with Crippen molar-refractivity contribution in [2.45, 2.75) is 25.0 Å². The van der Waals surface area contributed by atoms with Gasteiger partial charge < -0.3 is 24.4 Å². The molecule has 4 aromatic rings. The average molecular weight is 574 g/mol. The van der Waals surface area contributed by atoms with E-state index >= 15 is 0 Å². The molecule has 1 aromatic heterocycles. The molecule has 0 unspecified atom stereocenters. The number of carbonyl (C=O) groups excluding carboxylic acids is 2. The van der Waals surface area contributed by atoms with E-state index < -0.39 is 0 Å². The summed E-state index contributed by atoms with van der Waals surface area (Å²) in [5.41, 5.74) is 3.34. The van der Waals surface area contributed by atoms with Crippen molar-refractivity contribution in [3.8, 4) is 22.9 Å². The van der Waals surface area contributed by atoms with Crippen molar-refractivity contribution < 1.29 is 23.8 Å². The summed E-state index contributed by atoms with van der Waals surface area (Å²) in [6.45, 7) is 3.26. The quantitative estimate of drug-likeness (QED) is 0.265. The molecule has 1 N–H and O–H groups in total. The van der Waals surface area contributed by atoms with Gasteiger partial charge in [-0.25, -0.2) is 0 Å². The number of anilines is 1. The average Bonchev–Trinajstić information content (AvgIpc) is 3.63. The first-order valence-corrected chi connectivity index (χ1v) is 14.2. The number of hydrogen-bond acceptors (Lipinski definition) is 8. The second-order valence-electron chi connectivity index (χ2n) is 9.13. The largest absolute Gasteiger partial charge is 0.494 e. The molecule has 0 aliphatic carbocycles. The SMILES string of the molecule is CCOc1ccc(-n2c(CNC(=O)c3ccc(OC)c(OC)c3)nnc2SCC(=O)N2CCc3ccccc32)cc1. The molecule has 10 nitrogen and oxygen atoms in total. The Morgan fingerprint density at radius 2 is 1.76 bits per heavy atom. The highest BCUT2D eigenvalue weighted by atomic mass is 32.2. The third-order valence-corrected chi connectivity index (χ3v) is 7.59. The minimum atomic E-state index is -0.302. The molecule has 11 heteroatoms. The normalized spacial score (nSPS) is 12.1. The summed E-state index contributed by atoms with van der Waals surface area (Å²) in [5.74, 6) is 2.15. The van der Waals surface area contributed by atoms with Gasteiger partial charge in [-0.3, -0.25) is 14.2 Å². The summed E-state index contributed by atoms with van der Waals surface area (Å²) < 4.78 is 18.0. The molecule has 2 amide bonds. The summed E-state index contributed by atoms with van der Waals surface area (Å²) in [5, 5.41) is 12.2. The first-order chi connectivity index (χ1) is 20.0. The fraction of sp³-hybridized carbons (Fsp3) is 0.267. The number of fused-ring (bicyclic) bond motifs is 1. The monoisotopic (exact) mass is 573 g/mol. The van der Waals surface area contributed by atoms with Crippen molar-refractivity contribution in [1.29, 1.82) is 0 Å². The van der Waals surface area contributed by atoms with Crippen LogP contribution in [0.25, 0.3) is 5.69 Å². The molecule has 0 radical (unpaired) electrons. The second-order valence-corrected chi connectivity index (χ2v) is 10.1. The maximum Gasteiger partial charge on any atom is 0.251 e. The molecular formula is C30H31N5O5S. The van der Waals surface area contributed by atoms with Crippen LogP contribution in [-0.2, 0) is 17.8 Å². The van der Waals surface area contributed by atoms with E-state index in [1.165, 1.54) is 24.4 Å². The molecule has 0 saturated heterocycles. The van der Waals surface area contributed by atoms with Crippen LogP contribution in [0.1, 0.15) is 28.7 Å². The van der Waals surface area contributed by atoms with Crippen LogP contribution in [0.15, 0.2) is 71.9 Å². The number of ether oxygens (including phenoxy) is 3. The predicted octanol–water partition coefficient (Wildman–Crippen LogP) is 4.29. The molecule has 41 heavy (non-hydrogen) atoms. The number of aromatic nitrogens is 3. The van der Waals surface area contributed by atoms with Gasteiger partial charge in [0.15, 0.2) is 22.5 Å². The first-order valence-electron chi connectivity index (χ1n) is 13.2. The Kier molecular flexibility index (Phi) is 8.73. The molecule has 2 heterocycles. The Hall–Kier alpha value is -4.51. The van der Waals surface area contributed by atoms with Gasteiger partial charge in [-0.05, 0) is 67.4 Å². The van der Waals surface area contributed by atoms with Crippen molar-refractivity contribution in [3.05, 3.63) is 83.7 Å². The van der Waals surface area contributed by atoms with Crippen molar-refractivity contribution in [3.63, 3.8) is 0 Å². The molecule has 212 valence electrons. The lowest BCUT2D eigenvalue weighted by Gasteiger charge is -2.17. The van der Waals surface area contributed by atoms with Gasteiger partial charge in [0.05, 0.1) is 33.1 Å². The van der Waals surface area contributed by atoms with E-state index in [0.29, 0.717) is 41.2 Å². The molecule has 0 saturated carbocycles. The molecule has 0 atom stereocenters. The van der Waals surface area contributed by atoms with Crippen LogP contribution in [0, 0.1) is 0 Å². The van der Waals surface area contributed by atoms with Gasteiger partial charge in [-0.15, -0.1) is 10.2 Å². The molecule has 1 aliphatic rings. The number of rotatable bonds is 11. The fourth-order valence-corrected chi connectivity index (χ4v) is 5.51. The Morgan fingerprint density at radius 1 is 0.976 bits per heavy atom. The second kappa shape index (κ2) is 12.8. The molecule has 0 spiro atoms. The molecular weight excluding hydrogens is 542 g/mol. The minimum absolute atomic E-state index is 0.00417. The van der Waals surface area contributed by atoms with Crippen molar-refractivity contribution in [2.75, 3.05) is 38.0 Å². The van der Waals surface area contributed by atoms with Crippen LogP contribution in [0.5, 0.6) is 17.2 Å². The summed E-state index contributed by atoms with van der Waals surface area (Å²) in [6, 6.07) is 20.5. The van der Waals surface area contributed by atoms with Crippen LogP contribution in [0.4, 0.5) is 5.69 Å². The first kappa shape index (κ1) is 28.0. The Balaban J connectivity index is 1.35. The molecule has 1 aliphatic heterocycles. The number of nitrogens with one attached hydrogen (secondary N) is 1. The van der Waals surface area contributed by atoms with E-state index in [2.05, 4.69) is 21.6 Å². The highest BCUT2D eigenvalue weighted by Gasteiger charge is 2.25. The highest BCUT2D eigenvalue weighted by Crippen LogP contribution is 2.30. The minimum Gasteiger partial charge on any atom is -0.494 e. The summed E-state index contributed by atoms with van der Waals surface area (Å²) in [4.78, 5) is 28.0. The fourth-order valence-electron chi connectivity index (χ4n) is 4.67. The lowest BCUT2D eigenvalue weighted by molar-refractivity contribution is -0.116. The third-order valence-electron chi connectivity index (χ3n) is 6.67. The number of hydrogen-bond donors (Lipinski definition) is 1. The molecule has 3 aromatic carbocycles. The predicted molar refractivity (Wildman–Crippen MR) is 156 cm³/mol. The van der Waals surface area contributed by atoms with Crippen LogP contribution < -0.4 is 24.4 Å². The van der Waals surface area contributed by atoms with Crippen LogP contribution in [0.2, 0.25) is 0 Å². The van der Waals surface area contributed by atoms with Gasteiger partial charge in [-0.1, -0.05) is 30.0 Å². The van der Waals surface area contributed by atoms with E-state index in [1.54, 1.807) is 25.3 Å². The standard InChI is InChI=1S/C30H31N5O5S/c1-4-40-23-12-10-22(11-13-23)35-27(18-31-29(37)21-9-14-25(38-2)26(17-21)39-3)32-33-30(35)41-19-28(36)34-16-15-20-7-5-6-8-24(20)34/h5-14,17H,4,15-16,18-19H2,1-3H3,(H,31,37). The van der Waals surface area contributed by atoms with Gasteiger partial charge in [0.2, 0.25) is 5.91 Å². The Bertz CT molecular complexity index is 1540. The van der Waals surface area contributed by atoms with E-state index in [-0.39, 0.29) is 24.1 Å². The smallest absolute Gasteiger partial charge is 0.251 e. The van der Waals surface area contributed by atoms with Gasteiger partial charge in [0.1, 0.15) is 5.75 Å². The van der Waals surface area contributed by atoms with Crippen molar-refractivity contribution in [1.82, 2.24) is 20.1 Å². The number of nitrogens with zero attached hydrogens (tertiary/aromatic N) is 4. The molecule has 5 rings (SSSR count). The summed E-state index contributed by atoms with van der Waals surface area (Å²) in [6.07, 6.45) is 0.846. The van der Waals surface area contributed by atoms with Gasteiger partial charge >= 0.3 is 0 Å². The number of para-hydroxylation sites is 1. The van der Waals surface area contributed by atoms with Gasteiger partial charge in [0, 0.05) is 23.5 Å². The summed E-state index contributed by atoms with van der Waals surface area (Å²) >= 11 is 1.31. The lowest BCUT2D eigenvalue weighted by atomic mass is 10.2. The number of benzene rings is 3. The van der Waals surface area contributed by atoms with Crippen molar-refractivity contribution >= 4 is 29.3 Å². The van der Waals surface area contributed by atoms with E-state index in [4.69, 9.17) is 14.2 Å². The topological polar surface area (TPSA) is 108 Å². The zero-order chi connectivity index (χ0) is 28.8. The van der Waals surface area contributed by atoms with Crippen LogP contribution in [0.3, 0.4) is 0 Å². The van der Waals surface area contributed by atoms with Crippen LogP contribution in [-0.4, -0.2) is 59.7 Å². The van der Waals surface area contributed by atoms with Crippen molar-refractivity contribution in [2.24, 2.45) is 0 Å². The van der Waals surface area contributed by atoms with E-state index in [9.17, 15) is 9.59 Å². The lowest BCUT2D eigenvalue weighted by Crippen LogP contribution is -2.30. The molecule has 0 bridgehead atoms. The molecule has 0 fully saturated rings.